The molecule has 1 heterocycles. The van der Waals surface area contributed by atoms with E-state index in [0.29, 0.717) is 30.8 Å². The number of hydrogen-bond donors (Lipinski definition) is 3. The number of primary amides is 1. The molecule has 0 bridgehead atoms. The Balaban J connectivity index is 2.11. The fourth-order valence-corrected chi connectivity index (χ4v) is 3.24. The van der Waals surface area contributed by atoms with Crippen molar-refractivity contribution in [1.82, 2.24) is 5.32 Å². The van der Waals surface area contributed by atoms with Crippen LogP contribution in [0.4, 0.5) is 5.69 Å². The Bertz CT molecular complexity index is 533. The summed E-state index contributed by atoms with van der Waals surface area (Å²) in [7, 11) is -3.37. The van der Waals surface area contributed by atoms with E-state index in [9.17, 15) is 13.2 Å². The lowest BCUT2D eigenvalue weighted by Gasteiger charge is -2.12. The van der Waals surface area contributed by atoms with Crippen molar-refractivity contribution in [3.63, 3.8) is 0 Å². The van der Waals surface area contributed by atoms with Crippen LogP contribution in [0.3, 0.4) is 0 Å². The average Bonchev–Trinajstić information content (AvgIpc) is 2.83. The molecule has 1 unspecified atom stereocenters. The molecule has 1 saturated heterocycles. The van der Waals surface area contributed by atoms with Gasteiger partial charge in [0.25, 0.3) is 0 Å². The predicted octanol–water partition coefficient (Wildman–Crippen LogP) is -0.111. The number of amides is 1. The van der Waals surface area contributed by atoms with Gasteiger partial charge in [-0.2, -0.15) is 0 Å². The van der Waals surface area contributed by atoms with Gasteiger partial charge in [-0.05, 0) is 37.2 Å². The van der Waals surface area contributed by atoms with Gasteiger partial charge in [-0.3, -0.25) is 9.52 Å². The third-order valence-electron chi connectivity index (χ3n) is 2.88. The molecule has 1 aliphatic rings. The van der Waals surface area contributed by atoms with Gasteiger partial charge in [0.15, 0.2) is 0 Å². The number of anilines is 1. The SMILES string of the molecule is NC(=O)c1ccc(NS(=O)(=O)C2CCNC2)cc1. The number of rotatable bonds is 4. The minimum Gasteiger partial charge on any atom is -0.366 e. The minimum atomic E-state index is -3.37. The Morgan fingerprint density at radius 1 is 1.33 bits per heavy atom. The van der Waals surface area contributed by atoms with E-state index >= 15 is 0 Å². The highest BCUT2D eigenvalue weighted by Gasteiger charge is 2.28. The molecule has 0 aliphatic carbocycles. The fourth-order valence-electron chi connectivity index (χ4n) is 1.84. The summed E-state index contributed by atoms with van der Waals surface area (Å²) < 4.78 is 26.5. The molecule has 1 aromatic carbocycles. The molecule has 0 spiro atoms. The summed E-state index contributed by atoms with van der Waals surface area (Å²) in [5, 5.41) is 2.60. The second kappa shape index (κ2) is 4.95. The molecule has 1 aromatic rings. The summed E-state index contributed by atoms with van der Waals surface area (Å²) in [6.07, 6.45) is 0.606. The van der Waals surface area contributed by atoms with Crippen LogP contribution in [0.5, 0.6) is 0 Å². The fraction of sp³-hybridized carbons (Fsp3) is 0.364. The maximum Gasteiger partial charge on any atom is 0.248 e. The number of nitrogens with one attached hydrogen (secondary N) is 2. The van der Waals surface area contributed by atoms with E-state index in [-0.39, 0.29) is 0 Å². The van der Waals surface area contributed by atoms with Crippen molar-refractivity contribution in [2.45, 2.75) is 11.7 Å². The van der Waals surface area contributed by atoms with Gasteiger partial charge >= 0.3 is 0 Å². The van der Waals surface area contributed by atoms with Crippen LogP contribution in [0.25, 0.3) is 0 Å². The zero-order valence-corrected chi connectivity index (χ0v) is 10.5. The largest absolute Gasteiger partial charge is 0.366 e. The molecule has 98 valence electrons. The number of carbonyl (C=O) groups is 1. The van der Waals surface area contributed by atoms with Gasteiger partial charge in [0, 0.05) is 17.8 Å². The van der Waals surface area contributed by atoms with Crippen LogP contribution in [0, 0.1) is 0 Å². The van der Waals surface area contributed by atoms with E-state index in [2.05, 4.69) is 10.0 Å². The summed E-state index contributed by atoms with van der Waals surface area (Å²) in [6.45, 7) is 1.18. The number of hydrogen-bond acceptors (Lipinski definition) is 4. The minimum absolute atomic E-state index is 0.348. The van der Waals surface area contributed by atoms with E-state index in [1.54, 1.807) is 0 Å². The summed E-state index contributed by atoms with van der Waals surface area (Å²) in [4.78, 5) is 10.9. The van der Waals surface area contributed by atoms with E-state index < -0.39 is 21.2 Å². The summed E-state index contributed by atoms with van der Waals surface area (Å²) in [6, 6.07) is 6.04. The van der Waals surface area contributed by atoms with Crippen molar-refractivity contribution in [1.29, 1.82) is 0 Å². The smallest absolute Gasteiger partial charge is 0.248 e. The van der Waals surface area contributed by atoms with E-state index in [1.165, 1.54) is 24.3 Å². The van der Waals surface area contributed by atoms with E-state index in [4.69, 9.17) is 5.73 Å². The first kappa shape index (κ1) is 12.8. The van der Waals surface area contributed by atoms with Gasteiger partial charge < -0.3 is 11.1 Å². The Morgan fingerprint density at radius 3 is 2.50 bits per heavy atom. The van der Waals surface area contributed by atoms with E-state index in [1.807, 2.05) is 0 Å². The molecule has 1 amide bonds. The van der Waals surface area contributed by atoms with Gasteiger partial charge in [-0.15, -0.1) is 0 Å². The van der Waals surface area contributed by atoms with Crippen LogP contribution >= 0.6 is 0 Å². The molecular formula is C11H15N3O3S. The van der Waals surface area contributed by atoms with Crippen molar-refractivity contribution < 1.29 is 13.2 Å². The molecule has 1 atom stereocenters. The Labute approximate surface area is 106 Å². The normalized spacial score (nSPS) is 19.7. The Kier molecular flexibility index (Phi) is 3.53. The van der Waals surface area contributed by atoms with Crippen LogP contribution in [0.15, 0.2) is 24.3 Å². The molecule has 1 aliphatic heterocycles. The lowest BCUT2D eigenvalue weighted by atomic mass is 10.2. The third kappa shape index (κ3) is 2.80. The molecule has 0 aromatic heterocycles. The number of benzene rings is 1. The second-order valence-corrected chi connectivity index (χ2v) is 6.16. The standard InChI is InChI=1S/C11H15N3O3S/c12-11(15)8-1-3-9(4-2-8)14-18(16,17)10-5-6-13-7-10/h1-4,10,13-14H,5-7H2,(H2,12,15). The number of carbonyl (C=O) groups excluding carboxylic acids is 1. The molecule has 6 nitrogen and oxygen atoms in total. The van der Waals surface area contributed by atoms with Crippen molar-refractivity contribution in [3.8, 4) is 0 Å². The highest BCUT2D eigenvalue weighted by Crippen LogP contribution is 2.16. The van der Waals surface area contributed by atoms with Crippen LogP contribution in [-0.2, 0) is 10.0 Å². The molecule has 2 rings (SSSR count). The van der Waals surface area contributed by atoms with Gasteiger partial charge in [0.05, 0.1) is 5.25 Å². The molecule has 7 heteroatoms. The Morgan fingerprint density at radius 2 is 2.00 bits per heavy atom. The Hall–Kier alpha value is -1.60. The highest BCUT2D eigenvalue weighted by molar-refractivity contribution is 7.93. The van der Waals surface area contributed by atoms with E-state index in [0.717, 1.165) is 0 Å². The predicted molar refractivity (Wildman–Crippen MR) is 68.8 cm³/mol. The van der Waals surface area contributed by atoms with Crippen LogP contribution < -0.4 is 15.8 Å². The van der Waals surface area contributed by atoms with Crippen LogP contribution in [0.2, 0.25) is 0 Å². The molecule has 1 fully saturated rings. The summed E-state index contributed by atoms with van der Waals surface area (Å²) >= 11 is 0. The maximum atomic E-state index is 12.0. The summed E-state index contributed by atoms with van der Waals surface area (Å²) in [5.74, 6) is -0.538. The molecular weight excluding hydrogens is 254 g/mol. The molecule has 0 radical (unpaired) electrons. The molecule has 18 heavy (non-hydrogen) atoms. The van der Waals surface area contributed by atoms with Crippen molar-refractivity contribution in [2.75, 3.05) is 17.8 Å². The van der Waals surface area contributed by atoms with Crippen LogP contribution in [0.1, 0.15) is 16.8 Å². The average molecular weight is 269 g/mol. The first-order valence-electron chi connectivity index (χ1n) is 5.61. The maximum absolute atomic E-state index is 12.0. The molecule has 0 saturated carbocycles. The third-order valence-corrected chi connectivity index (χ3v) is 4.68. The van der Waals surface area contributed by atoms with Gasteiger partial charge in [0.1, 0.15) is 0 Å². The monoisotopic (exact) mass is 269 g/mol. The van der Waals surface area contributed by atoms with Crippen LogP contribution in [-0.4, -0.2) is 32.7 Å². The lowest BCUT2D eigenvalue weighted by molar-refractivity contribution is 0.100. The lowest BCUT2D eigenvalue weighted by Crippen LogP contribution is -2.29. The number of nitrogens with two attached hydrogens (primary N) is 1. The number of sulfonamides is 1. The van der Waals surface area contributed by atoms with Crippen molar-refractivity contribution >= 4 is 21.6 Å². The van der Waals surface area contributed by atoms with Gasteiger partial charge in [-0.1, -0.05) is 0 Å². The van der Waals surface area contributed by atoms with Gasteiger partial charge in [0.2, 0.25) is 15.9 Å². The summed E-state index contributed by atoms with van der Waals surface area (Å²) in [5.41, 5.74) is 5.89. The second-order valence-electron chi connectivity index (χ2n) is 4.20. The molecule has 4 N–H and O–H groups in total. The van der Waals surface area contributed by atoms with Crippen molar-refractivity contribution in [2.24, 2.45) is 5.73 Å². The first-order chi connectivity index (χ1) is 8.49. The quantitative estimate of drug-likeness (QED) is 0.709. The first-order valence-corrected chi connectivity index (χ1v) is 7.16. The van der Waals surface area contributed by atoms with Gasteiger partial charge in [-0.25, -0.2) is 8.42 Å². The van der Waals surface area contributed by atoms with Crippen molar-refractivity contribution in [3.05, 3.63) is 29.8 Å². The zero-order chi connectivity index (χ0) is 13.2. The topological polar surface area (TPSA) is 101 Å². The zero-order valence-electron chi connectivity index (χ0n) is 9.72. The highest BCUT2D eigenvalue weighted by atomic mass is 32.2.